The molecule has 2 aliphatic rings. The average Bonchev–Trinajstić information content (AvgIpc) is 3.03. The van der Waals surface area contributed by atoms with Gasteiger partial charge < -0.3 is 10.1 Å². The Morgan fingerprint density at radius 1 is 1.13 bits per heavy atom. The molecule has 3 nitrogen and oxygen atoms in total. The fourth-order valence-electron chi connectivity index (χ4n) is 2.08. The van der Waals surface area contributed by atoms with Crippen LogP contribution in [0.15, 0.2) is 0 Å². The van der Waals surface area contributed by atoms with Crippen LogP contribution in [-0.4, -0.2) is 32.1 Å². The second-order valence-corrected chi connectivity index (χ2v) is 4.87. The Morgan fingerprint density at radius 3 is 2.53 bits per heavy atom. The Hall–Kier alpha value is -0.410. The van der Waals surface area contributed by atoms with Crippen molar-refractivity contribution in [2.45, 2.75) is 32.1 Å². The number of hydrogen-bond donors (Lipinski definition) is 1. The fraction of sp³-hybridized carbons (Fsp3) is 0.917. The summed E-state index contributed by atoms with van der Waals surface area (Å²) < 4.78 is 5.28. The minimum Gasteiger partial charge on any atom is -0.381 e. The van der Waals surface area contributed by atoms with E-state index in [9.17, 15) is 4.79 Å². The zero-order chi connectivity index (χ0) is 10.5. The van der Waals surface area contributed by atoms with Crippen molar-refractivity contribution in [3.8, 4) is 0 Å². The second kappa shape index (κ2) is 5.61. The van der Waals surface area contributed by atoms with E-state index < -0.39 is 0 Å². The Balaban J connectivity index is 1.54. The van der Waals surface area contributed by atoms with E-state index in [4.69, 9.17) is 4.74 Å². The van der Waals surface area contributed by atoms with Gasteiger partial charge in [0.1, 0.15) is 5.78 Å². The summed E-state index contributed by atoms with van der Waals surface area (Å²) in [5.41, 5.74) is 0. The van der Waals surface area contributed by atoms with E-state index in [2.05, 4.69) is 5.32 Å². The average molecular weight is 211 g/mol. The van der Waals surface area contributed by atoms with Crippen LogP contribution in [0.2, 0.25) is 0 Å². The first-order valence-electron chi connectivity index (χ1n) is 6.15. The second-order valence-electron chi connectivity index (χ2n) is 4.87. The molecule has 1 saturated heterocycles. The predicted molar refractivity (Wildman–Crippen MR) is 58.8 cm³/mol. The van der Waals surface area contributed by atoms with Gasteiger partial charge in [0.05, 0.1) is 6.54 Å². The largest absolute Gasteiger partial charge is 0.381 e. The van der Waals surface area contributed by atoms with Gasteiger partial charge in [-0.3, -0.25) is 4.79 Å². The third-order valence-corrected chi connectivity index (χ3v) is 3.31. The van der Waals surface area contributed by atoms with Gasteiger partial charge in [0.15, 0.2) is 0 Å². The molecule has 0 amide bonds. The lowest BCUT2D eigenvalue weighted by atomic mass is 9.94. The maximum Gasteiger partial charge on any atom is 0.146 e. The maximum absolute atomic E-state index is 11.6. The molecule has 1 N–H and O–H groups in total. The molecule has 1 aliphatic carbocycles. The number of ketones is 1. The van der Waals surface area contributed by atoms with Crippen molar-refractivity contribution in [2.75, 3.05) is 26.3 Å². The van der Waals surface area contributed by atoms with Crippen LogP contribution in [0.1, 0.15) is 32.1 Å². The van der Waals surface area contributed by atoms with E-state index in [1.165, 1.54) is 12.8 Å². The summed E-state index contributed by atoms with van der Waals surface area (Å²) in [5.74, 6) is 1.82. The molecule has 2 rings (SSSR count). The molecular weight excluding hydrogens is 190 g/mol. The molecule has 1 heterocycles. The van der Waals surface area contributed by atoms with E-state index >= 15 is 0 Å². The summed E-state index contributed by atoms with van der Waals surface area (Å²) in [6, 6.07) is 0. The minimum atomic E-state index is 0.377. The van der Waals surface area contributed by atoms with E-state index in [1.807, 2.05) is 0 Å². The molecule has 3 heteroatoms. The smallest absolute Gasteiger partial charge is 0.146 e. The molecule has 0 aromatic carbocycles. The molecule has 0 radical (unpaired) electrons. The lowest BCUT2D eigenvalue weighted by Gasteiger charge is -2.21. The van der Waals surface area contributed by atoms with E-state index in [1.54, 1.807) is 0 Å². The van der Waals surface area contributed by atoms with E-state index in [-0.39, 0.29) is 0 Å². The highest BCUT2D eigenvalue weighted by molar-refractivity contribution is 5.80. The topological polar surface area (TPSA) is 38.3 Å². The standard InChI is InChI=1S/C12H21NO2/c14-12(9-13-8-11-1-2-11)7-10-3-5-15-6-4-10/h10-11,13H,1-9H2. The SMILES string of the molecule is O=C(CNCC1CC1)CC1CCOCC1. The van der Waals surface area contributed by atoms with Crippen molar-refractivity contribution in [1.29, 1.82) is 0 Å². The summed E-state index contributed by atoms with van der Waals surface area (Å²) in [7, 11) is 0. The van der Waals surface area contributed by atoms with Crippen LogP contribution < -0.4 is 5.32 Å². The third kappa shape index (κ3) is 4.31. The van der Waals surface area contributed by atoms with Gasteiger partial charge in [-0.25, -0.2) is 0 Å². The van der Waals surface area contributed by atoms with Gasteiger partial charge in [0.25, 0.3) is 0 Å². The number of nitrogens with one attached hydrogen (secondary N) is 1. The lowest BCUT2D eigenvalue weighted by Crippen LogP contribution is -2.27. The molecule has 1 saturated carbocycles. The number of Topliss-reactive ketones (excluding diaryl/α,β-unsaturated/α-hetero) is 1. The monoisotopic (exact) mass is 211 g/mol. The van der Waals surface area contributed by atoms with Gasteiger partial charge >= 0.3 is 0 Å². The number of ether oxygens (including phenoxy) is 1. The summed E-state index contributed by atoms with van der Waals surface area (Å²) in [5, 5.41) is 3.26. The van der Waals surface area contributed by atoms with Crippen LogP contribution in [0.5, 0.6) is 0 Å². The van der Waals surface area contributed by atoms with E-state index in [0.717, 1.165) is 44.9 Å². The normalized spacial score (nSPS) is 22.9. The maximum atomic E-state index is 11.6. The Morgan fingerprint density at radius 2 is 1.87 bits per heavy atom. The van der Waals surface area contributed by atoms with Gasteiger partial charge in [-0.2, -0.15) is 0 Å². The van der Waals surface area contributed by atoms with Crippen LogP contribution >= 0.6 is 0 Å². The number of carbonyl (C=O) groups is 1. The molecule has 0 aromatic heterocycles. The van der Waals surface area contributed by atoms with Gasteiger partial charge in [-0.1, -0.05) is 0 Å². The van der Waals surface area contributed by atoms with Crippen molar-refractivity contribution >= 4 is 5.78 Å². The number of carbonyl (C=O) groups excluding carboxylic acids is 1. The van der Waals surface area contributed by atoms with Gasteiger partial charge in [-0.05, 0) is 44.1 Å². The Kier molecular flexibility index (Phi) is 4.15. The molecule has 0 bridgehead atoms. The van der Waals surface area contributed by atoms with Crippen molar-refractivity contribution in [3.05, 3.63) is 0 Å². The highest BCUT2D eigenvalue weighted by Gasteiger charge is 2.21. The minimum absolute atomic E-state index is 0.377. The molecule has 0 unspecified atom stereocenters. The zero-order valence-corrected chi connectivity index (χ0v) is 9.34. The number of hydrogen-bond acceptors (Lipinski definition) is 3. The Labute approximate surface area is 91.6 Å². The molecule has 15 heavy (non-hydrogen) atoms. The summed E-state index contributed by atoms with van der Waals surface area (Å²) in [4.78, 5) is 11.6. The molecule has 86 valence electrons. The van der Waals surface area contributed by atoms with Gasteiger partial charge in [-0.15, -0.1) is 0 Å². The van der Waals surface area contributed by atoms with Gasteiger partial charge in [0.2, 0.25) is 0 Å². The third-order valence-electron chi connectivity index (χ3n) is 3.31. The lowest BCUT2D eigenvalue weighted by molar-refractivity contribution is -0.119. The molecule has 0 atom stereocenters. The highest BCUT2D eigenvalue weighted by atomic mass is 16.5. The first-order chi connectivity index (χ1) is 7.34. The molecule has 0 spiro atoms. The molecular formula is C12H21NO2. The molecule has 2 fully saturated rings. The molecule has 0 aromatic rings. The fourth-order valence-corrected chi connectivity index (χ4v) is 2.08. The van der Waals surface area contributed by atoms with Crippen molar-refractivity contribution in [2.24, 2.45) is 11.8 Å². The van der Waals surface area contributed by atoms with Crippen molar-refractivity contribution in [1.82, 2.24) is 5.32 Å². The summed E-state index contributed by atoms with van der Waals surface area (Å²) in [6.45, 7) is 3.30. The van der Waals surface area contributed by atoms with Crippen LogP contribution in [-0.2, 0) is 9.53 Å². The number of rotatable bonds is 6. The first kappa shape index (κ1) is 11.1. The van der Waals surface area contributed by atoms with Gasteiger partial charge in [0, 0.05) is 19.6 Å². The Bertz CT molecular complexity index is 208. The first-order valence-corrected chi connectivity index (χ1v) is 6.15. The quantitative estimate of drug-likeness (QED) is 0.721. The summed E-state index contributed by atoms with van der Waals surface area (Å²) in [6.07, 6.45) is 5.58. The van der Waals surface area contributed by atoms with Crippen LogP contribution in [0.4, 0.5) is 0 Å². The van der Waals surface area contributed by atoms with Crippen LogP contribution in [0.25, 0.3) is 0 Å². The van der Waals surface area contributed by atoms with E-state index in [0.29, 0.717) is 18.2 Å². The summed E-state index contributed by atoms with van der Waals surface area (Å²) >= 11 is 0. The van der Waals surface area contributed by atoms with Crippen molar-refractivity contribution in [3.63, 3.8) is 0 Å². The molecule has 1 aliphatic heterocycles. The highest BCUT2D eigenvalue weighted by Crippen LogP contribution is 2.27. The predicted octanol–water partition coefficient (Wildman–Crippen LogP) is 1.37. The van der Waals surface area contributed by atoms with Crippen LogP contribution in [0.3, 0.4) is 0 Å². The van der Waals surface area contributed by atoms with Crippen LogP contribution in [0, 0.1) is 11.8 Å². The zero-order valence-electron chi connectivity index (χ0n) is 9.34. The van der Waals surface area contributed by atoms with Crippen molar-refractivity contribution < 1.29 is 9.53 Å².